The average Bonchev–Trinajstić information content (AvgIpc) is 3.23. The van der Waals surface area contributed by atoms with Crippen molar-refractivity contribution in [2.45, 2.75) is 25.9 Å². The maximum absolute atomic E-state index is 13.5. The number of carboxylic acid groups (broad SMARTS) is 2. The molecule has 1 atom stereocenters. The number of aromatic nitrogens is 1. The van der Waals surface area contributed by atoms with E-state index in [1.807, 2.05) is 0 Å². The molecule has 1 amide bonds. The fourth-order valence-corrected chi connectivity index (χ4v) is 4.52. The number of aryl methyl sites for hydroxylation is 1. The summed E-state index contributed by atoms with van der Waals surface area (Å²) in [6, 6.07) is 4.88. The number of hydrogen-bond donors (Lipinski definition) is 3. The van der Waals surface area contributed by atoms with Crippen molar-refractivity contribution in [1.29, 1.82) is 0 Å². The Labute approximate surface area is 193 Å². The van der Waals surface area contributed by atoms with Crippen molar-refractivity contribution in [2.75, 3.05) is 25.0 Å². The summed E-state index contributed by atoms with van der Waals surface area (Å²) in [5.41, 5.74) is 3.06. The van der Waals surface area contributed by atoms with Gasteiger partial charge in [0.15, 0.2) is 5.82 Å². The lowest BCUT2D eigenvalue weighted by Gasteiger charge is -2.43. The first-order valence-corrected chi connectivity index (χ1v) is 11.1. The predicted molar refractivity (Wildman–Crippen MR) is 120 cm³/mol. The van der Waals surface area contributed by atoms with Gasteiger partial charge in [-0.1, -0.05) is 6.07 Å². The van der Waals surface area contributed by atoms with Gasteiger partial charge < -0.3 is 14.9 Å². The Bertz CT molecular complexity index is 1030. The number of fused-ring (bicyclic) bond motifs is 3. The third-order valence-electron chi connectivity index (χ3n) is 5.43. The maximum Gasteiger partial charge on any atom is 0.413 e. The Hall–Kier alpha value is -3.31. The number of amides is 1. The Morgan fingerprint density at radius 2 is 1.88 bits per heavy atom. The molecule has 5 rings (SSSR count). The largest absolute Gasteiger partial charge is 0.478 e. The zero-order chi connectivity index (χ0) is 24.0. The Morgan fingerprint density at radius 1 is 1.21 bits per heavy atom. The smallest absolute Gasteiger partial charge is 0.413 e. The summed E-state index contributed by atoms with van der Waals surface area (Å²) in [6.45, 7) is 4.74. The Balaban J connectivity index is 0.000000331. The van der Waals surface area contributed by atoms with Crippen LogP contribution in [0.2, 0.25) is 0 Å². The van der Waals surface area contributed by atoms with Crippen molar-refractivity contribution < 1.29 is 33.7 Å². The molecule has 3 N–H and O–H groups in total. The number of nitrogens with one attached hydrogen (secondary N) is 1. The molecular weight excluding hydrogens is 453 g/mol. The van der Waals surface area contributed by atoms with Gasteiger partial charge >= 0.3 is 18.0 Å². The molecule has 3 aliphatic heterocycles. The lowest BCUT2D eigenvalue weighted by atomic mass is 9.86. The minimum Gasteiger partial charge on any atom is -0.478 e. The minimum atomic E-state index is -1.26. The summed E-state index contributed by atoms with van der Waals surface area (Å²) in [5.74, 6) is -1.84. The van der Waals surface area contributed by atoms with E-state index in [2.05, 4.69) is 15.2 Å². The number of hydrogen-bond acceptors (Lipinski definition) is 7. The normalized spacial score (nSPS) is 21.2. The van der Waals surface area contributed by atoms with E-state index in [1.165, 1.54) is 17.4 Å². The SMILES string of the molecule is Cc1cc(-c2scnc2NC(=O)O[C@H]2CN3CCC2CC3)ccc1F.O=C(O)/C=C/C(=O)O. The molecule has 3 fully saturated rings. The zero-order valence-corrected chi connectivity index (χ0v) is 18.7. The van der Waals surface area contributed by atoms with Crippen molar-refractivity contribution in [3.63, 3.8) is 0 Å². The number of carbonyl (C=O) groups excluding carboxylic acids is 1. The van der Waals surface area contributed by atoms with Gasteiger partial charge in [-0.3, -0.25) is 10.2 Å². The van der Waals surface area contributed by atoms with Gasteiger partial charge in [0.2, 0.25) is 0 Å². The molecule has 0 unspecified atom stereocenters. The molecule has 1 aromatic heterocycles. The van der Waals surface area contributed by atoms with Crippen molar-refractivity contribution in [3.8, 4) is 10.4 Å². The van der Waals surface area contributed by atoms with Gasteiger partial charge in [0.1, 0.15) is 11.9 Å². The lowest BCUT2D eigenvalue weighted by Crippen LogP contribution is -2.52. The van der Waals surface area contributed by atoms with E-state index in [4.69, 9.17) is 14.9 Å². The number of piperidine rings is 3. The van der Waals surface area contributed by atoms with E-state index < -0.39 is 18.0 Å². The number of carboxylic acids is 2. The summed E-state index contributed by atoms with van der Waals surface area (Å²) in [5, 5.41) is 18.4. The van der Waals surface area contributed by atoms with Gasteiger partial charge in [-0.15, -0.1) is 11.3 Å². The molecule has 9 nitrogen and oxygen atoms in total. The highest BCUT2D eigenvalue weighted by Gasteiger charge is 2.36. The van der Waals surface area contributed by atoms with Crippen LogP contribution < -0.4 is 5.32 Å². The fourth-order valence-electron chi connectivity index (χ4n) is 3.78. The second kappa shape index (κ2) is 11.0. The average molecular weight is 478 g/mol. The molecule has 0 radical (unpaired) electrons. The minimum absolute atomic E-state index is 0.0438. The van der Waals surface area contributed by atoms with Gasteiger partial charge in [0.25, 0.3) is 0 Å². The number of nitrogens with zero attached hydrogens (tertiary/aromatic N) is 2. The van der Waals surface area contributed by atoms with Crippen LogP contribution in [0.5, 0.6) is 0 Å². The van der Waals surface area contributed by atoms with Gasteiger partial charge in [-0.05, 0) is 62.0 Å². The molecule has 1 aromatic carbocycles. The number of benzene rings is 1. The van der Waals surface area contributed by atoms with Crippen LogP contribution in [0.25, 0.3) is 10.4 Å². The molecule has 33 heavy (non-hydrogen) atoms. The van der Waals surface area contributed by atoms with E-state index in [0.29, 0.717) is 29.5 Å². The van der Waals surface area contributed by atoms with Gasteiger partial charge in [-0.25, -0.2) is 23.8 Å². The highest BCUT2D eigenvalue weighted by atomic mass is 32.1. The topological polar surface area (TPSA) is 129 Å². The summed E-state index contributed by atoms with van der Waals surface area (Å²) >= 11 is 1.41. The Kier molecular flexibility index (Phi) is 8.12. The molecule has 2 aromatic rings. The van der Waals surface area contributed by atoms with Crippen LogP contribution in [0.1, 0.15) is 18.4 Å². The number of carbonyl (C=O) groups is 3. The predicted octanol–water partition coefficient (Wildman–Crippen LogP) is 3.61. The third-order valence-corrected chi connectivity index (χ3v) is 6.31. The highest BCUT2D eigenvalue weighted by Crippen LogP contribution is 2.33. The molecule has 3 aliphatic rings. The molecule has 2 bridgehead atoms. The van der Waals surface area contributed by atoms with Crippen molar-refractivity contribution in [2.24, 2.45) is 5.92 Å². The second-order valence-electron chi connectivity index (χ2n) is 7.71. The standard InChI is InChI=1S/C18H20FN3O2S.C4H4O4/c1-11-8-13(2-3-14(11)19)16-17(20-10-25-16)21-18(23)24-15-9-22-6-4-12(15)5-7-22;5-3(6)1-2-4(7)8/h2-3,8,10,12,15H,4-7,9H2,1H3,(H,21,23);1-2H,(H,5,6)(H,7,8)/b;2-1+/t15-;/m0./s1. The first-order chi connectivity index (χ1) is 15.7. The van der Waals surface area contributed by atoms with Crippen LogP contribution in [-0.2, 0) is 14.3 Å². The van der Waals surface area contributed by atoms with E-state index in [-0.39, 0.29) is 11.9 Å². The van der Waals surface area contributed by atoms with E-state index in [0.717, 1.165) is 42.9 Å². The van der Waals surface area contributed by atoms with Gasteiger partial charge in [-0.2, -0.15) is 0 Å². The molecule has 0 spiro atoms. The lowest BCUT2D eigenvalue weighted by molar-refractivity contribution is -0.134. The monoisotopic (exact) mass is 477 g/mol. The first kappa shape index (κ1) is 24.3. The van der Waals surface area contributed by atoms with Crippen LogP contribution in [0.4, 0.5) is 15.0 Å². The summed E-state index contributed by atoms with van der Waals surface area (Å²) < 4.78 is 19.1. The first-order valence-electron chi connectivity index (χ1n) is 10.3. The van der Waals surface area contributed by atoms with E-state index in [1.54, 1.807) is 24.6 Å². The molecule has 0 aliphatic carbocycles. The van der Waals surface area contributed by atoms with Crippen molar-refractivity contribution in [3.05, 3.63) is 47.2 Å². The van der Waals surface area contributed by atoms with E-state index >= 15 is 0 Å². The van der Waals surface area contributed by atoms with Crippen LogP contribution in [0.15, 0.2) is 35.9 Å². The number of thiazole rings is 1. The van der Waals surface area contributed by atoms with Gasteiger partial charge in [0, 0.05) is 18.7 Å². The summed E-state index contributed by atoms with van der Waals surface area (Å²) in [7, 11) is 0. The maximum atomic E-state index is 13.5. The number of halogens is 1. The van der Waals surface area contributed by atoms with Crippen molar-refractivity contribution in [1.82, 2.24) is 9.88 Å². The van der Waals surface area contributed by atoms with Crippen molar-refractivity contribution >= 4 is 35.2 Å². The van der Waals surface area contributed by atoms with E-state index in [9.17, 15) is 18.8 Å². The van der Waals surface area contributed by atoms with Crippen LogP contribution in [0, 0.1) is 18.7 Å². The second-order valence-corrected chi connectivity index (χ2v) is 8.57. The van der Waals surface area contributed by atoms with Crippen LogP contribution in [0.3, 0.4) is 0 Å². The number of ether oxygens (including phenoxy) is 1. The molecular formula is C22H24FN3O6S. The molecule has 3 saturated heterocycles. The third kappa shape index (κ3) is 6.83. The number of rotatable bonds is 5. The molecule has 11 heteroatoms. The molecule has 176 valence electrons. The van der Waals surface area contributed by atoms with Crippen LogP contribution >= 0.6 is 11.3 Å². The zero-order valence-electron chi connectivity index (χ0n) is 17.9. The number of aliphatic carboxylic acids is 2. The Morgan fingerprint density at radius 3 is 2.42 bits per heavy atom. The van der Waals surface area contributed by atoms with Crippen LogP contribution in [-0.4, -0.2) is 63.9 Å². The van der Waals surface area contributed by atoms with Gasteiger partial charge in [0.05, 0.1) is 10.4 Å². The summed E-state index contributed by atoms with van der Waals surface area (Å²) in [4.78, 5) is 38.8. The molecule has 4 heterocycles. The fraction of sp³-hybridized carbons (Fsp3) is 0.364. The molecule has 0 saturated carbocycles. The summed E-state index contributed by atoms with van der Waals surface area (Å²) in [6.07, 6.45) is 2.79. The number of anilines is 1. The highest BCUT2D eigenvalue weighted by molar-refractivity contribution is 7.13. The quantitative estimate of drug-likeness (QED) is 0.557.